The fourth-order valence-electron chi connectivity index (χ4n) is 1.87. The lowest BCUT2D eigenvalue weighted by molar-refractivity contribution is 0.0943. The van der Waals surface area contributed by atoms with Gasteiger partial charge in [-0.1, -0.05) is 29.8 Å². The molecule has 0 bridgehead atoms. The zero-order chi connectivity index (χ0) is 15.9. The van der Waals surface area contributed by atoms with E-state index in [1.54, 1.807) is 19.2 Å². The van der Waals surface area contributed by atoms with Crippen LogP contribution < -0.4 is 14.8 Å². The Bertz CT molecular complexity index is 643. The molecule has 0 fully saturated rings. The number of rotatable bonds is 6. The normalized spacial score (nSPS) is 10.1. The first-order valence-corrected chi connectivity index (χ1v) is 6.99. The summed E-state index contributed by atoms with van der Waals surface area (Å²) >= 11 is 5.82. The van der Waals surface area contributed by atoms with Gasteiger partial charge in [0.05, 0.1) is 24.2 Å². The molecule has 2 rings (SSSR count). The number of amides is 1. The third-order valence-electron chi connectivity index (χ3n) is 2.90. The lowest BCUT2D eigenvalue weighted by Gasteiger charge is -2.11. The molecular weight excluding hydrogens is 309 g/mol. The lowest BCUT2D eigenvalue weighted by atomic mass is 10.2. The molecule has 22 heavy (non-hydrogen) atoms. The Hall–Kier alpha value is -2.27. The van der Waals surface area contributed by atoms with E-state index in [0.717, 1.165) is 0 Å². The second-order valence-electron chi connectivity index (χ2n) is 4.35. The second-order valence-corrected chi connectivity index (χ2v) is 4.76. The first-order chi connectivity index (χ1) is 10.6. The molecule has 0 radical (unpaired) electrons. The molecule has 1 N–H and O–H groups in total. The molecule has 0 aromatic heterocycles. The maximum atomic E-state index is 13.6. The number of nitrogens with one attached hydrogen (secondary N) is 1. The minimum absolute atomic E-state index is 0.0724. The van der Waals surface area contributed by atoms with Gasteiger partial charge in [0.2, 0.25) is 0 Å². The molecule has 0 saturated heterocycles. The van der Waals surface area contributed by atoms with Gasteiger partial charge in [0.25, 0.3) is 5.91 Å². The van der Waals surface area contributed by atoms with Gasteiger partial charge in [-0.05, 0) is 24.3 Å². The van der Waals surface area contributed by atoms with E-state index < -0.39 is 11.7 Å². The van der Waals surface area contributed by atoms with Gasteiger partial charge in [-0.15, -0.1) is 0 Å². The van der Waals surface area contributed by atoms with Crippen molar-refractivity contribution < 1.29 is 18.7 Å². The van der Waals surface area contributed by atoms with Crippen molar-refractivity contribution in [2.24, 2.45) is 0 Å². The van der Waals surface area contributed by atoms with Gasteiger partial charge in [0.15, 0.2) is 11.5 Å². The molecule has 2 aromatic carbocycles. The van der Waals surface area contributed by atoms with Crippen LogP contribution in [0.15, 0.2) is 42.5 Å². The third kappa shape index (κ3) is 3.89. The summed E-state index contributed by atoms with van der Waals surface area (Å²) in [6, 6.07) is 11.3. The highest BCUT2D eigenvalue weighted by Crippen LogP contribution is 2.25. The highest BCUT2D eigenvalue weighted by molar-refractivity contribution is 6.33. The van der Waals surface area contributed by atoms with Gasteiger partial charge >= 0.3 is 0 Å². The average molecular weight is 324 g/mol. The number of hydrogen-bond acceptors (Lipinski definition) is 3. The Labute approximate surface area is 132 Å². The summed E-state index contributed by atoms with van der Waals surface area (Å²) in [5, 5.41) is 2.63. The summed E-state index contributed by atoms with van der Waals surface area (Å²) in [6.45, 7) is 0.430. The Morgan fingerprint density at radius 2 is 1.91 bits per heavy atom. The van der Waals surface area contributed by atoms with Crippen LogP contribution >= 0.6 is 11.6 Å². The third-order valence-corrected chi connectivity index (χ3v) is 3.22. The molecule has 0 aliphatic carbocycles. The first-order valence-electron chi connectivity index (χ1n) is 6.61. The minimum Gasteiger partial charge on any atom is -0.493 e. The zero-order valence-electron chi connectivity index (χ0n) is 11.9. The van der Waals surface area contributed by atoms with E-state index in [1.165, 1.54) is 18.2 Å². The molecule has 0 aliphatic heterocycles. The maximum absolute atomic E-state index is 13.6. The van der Waals surface area contributed by atoms with Gasteiger partial charge in [-0.25, -0.2) is 4.39 Å². The number of carbonyl (C=O) groups is 1. The number of methoxy groups -OCH3 is 1. The van der Waals surface area contributed by atoms with Crippen LogP contribution in [0.5, 0.6) is 11.5 Å². The molecule has 6 heteroatoms. The Morgan fingerprint density at radius 3 is 2.59 bits per heavy atom. The van der Waals surface area contributed by atoms with Crippen LogP contribution in [0.1, 0.15) is 10.4 Å². The summed E-state index contributed by atoms with van der Waals surface area (Å²) in [6.07, 6.45) is 0. The monoisotopic (exact) mass is 323 g/mol. The van der Waals surface area contributed by atoms with Gasteiger partial charge in [-0.3, -0.25) is 4.79 Å². The van der Waals surface area contributed by atoms with Crippen molar-refractivity contribution in [3.8, 4) is 11.5 Å². The van der Waals surface area contributed by atoms with Crippen LogP contribution in [0.3, 0.4) is 0 Å². The number of para-hydroxylation sites is 2. The number of ether oxygens (including phenoxy) is 2. The first kappa shape index (κ1) is 16.1. The molecule has 116 valence electrons. The van der Waals surface area contributed by atoms with E-state index in [2.05, 4.69) is 5.32 Å². The van der Waals surface area contributed by atoms with Crippen LogP contribution in [-0.2, 0) is 0 Å². The summed E-state index contributed by atoms with van der Waals surface area (Å²) in [5.41, 5.74) is -0.165. The summed E-state index contributed by atoms with van der Waals surface area (Å²) in [4.78, 5) is 11.9. The molecule has 0 heterocycles. The summed E-state index contributed by atoms with van der Waals surface area (Å²) in [7, 11) is 1.55. The predicted octanol–water partition coefficient (Wildman–Crippen LogP) is 3.30. The second kappa shape index (κ2) is 7.66. The van der Waals surface area contributed by atoms with Crippen molar-refractivity contribution in [1.82, 2.24) is 5.32 Å². The van der Waals surface area contributed by atoms with Gasteiger partial charge < -0.3 is 14.8 Å². The van der Waals surface area contributed by atoms with Crippen molar-refractivity contribution in [2.45, 2.75) is 0 Å². The van der Waals surface area contributed by atoms with Crippen LogP contribution in [0, 0.1) is 5.82 Å². The van der Waals surface area contributed by atoms with E-state index in [9.17, 15) is 9.18 Å². The highest BCUT2D eigenvalue weighted by Gasteiger charge is 2.15. The molecule has 0 atom stereocenters. The molecule has 0 spiro atoms. The molecule has 1 amide bonds. The van der Waals surface area contributed by atoms with Gasteiger partial charge in [0.1, 0.15) is 12.4 Å². The average Bonchev–Trinajstić information content (AvgIpc) is 2.51. The Kier molecular flexibility index (Phi) is 5.61. The van der Waals surface area contributed by atoms with Crippen molar-refractivity contribution >= 4 is 17.5 Å². The number of halogens is 2. The van der Waals surface area contributed by atoms with Crippen LogP contribution in [0.2, 0.25) is 5.02 Å². The van der Waals surface area contributed by atoms with E-state index >= 15 is 0 Å². The molecule has 0 unspecified atom stereocenters. The van der Waals surface area contributed by atoms with E-state index in [0.29, 0.717) is 11.5 Å². The topological polar surface area (TPSA) is 47.6 Å². The van der Waals surface area contributed by atoms with Gasteiger partial charge in [-0.2, -0.15) is 0 Å². The van der Waals surface area contributed by atoms with Crippen molar-refractivity contribution in [2.75, 3.05) is 20.3 Å². The predicted molar refractivity (Wildman–Crippen MR) is 82.2 cm³/mol. The van der Waals surface area contributed by atoms with E-state index in [4.69, 9.17) is 21.1 Å². The standard InChI is InChI=1S/C16H15ClFNO3/c1-21-13-7-2-3-8-14(13)22-10-9-19-16(20)15-11(17)5-4-6-12(15)18/h2-8H,9-10H2,1H3,(H,19,20). The number of carbonyl (C=O) groups excluding carboxylic acids is 1. The molecule has 0 saturated carbocycles. The lowest BCUT2D eigenvalue weighted by Crippen LogP contribution is -2.29. The summed E-state index contributed by atoms with van der Waals surface area (Å²) in [5.74, 6) is -0.0588. The quantitative estimate of drug-likeness (QED) is 0.830. The SMILES string of the molecule is COc1ccccc1OCCNC(=O)c1c(F)cccc1Cl. The fourth-order valence-corrected chi connectivity index (χ4v) is 2.12. The highest BCUT2D eigenvalue weighted by atomic mass is 35.5. The molecular formula is C16H15ClFNO3. The smallest absolute Gasteiger partial charge is 0.255 e. The number of hydrogen-bond donors (Lipinski definition) is 1. The molecule has 2 aromatic rings. The Balaban J connectivity index is 1.88. The van der Waals surface area contributed by atoms with Crippen molar-refractivity contribution in [1.29, 1.82) is 0 Å². The summed E-state index contributed by atoms with van der Waals surface area (Å²) < 4.78 is 24.2. The van der Waals surface area contributed by atoms with Crippen LogP contribution in [-0.4, -0.2) is 26.2 Å². The maximum Gasteiger partial charge on any atom is 0.255 e. The fraction of sp³-hybridized carbons (Fsp3) is 0.188. The van der Waals surface area contributed by atoms with E-state index in [-0.39, 0.29) is 23.7 Å². The van der Waals surface area contributed by atoms with Gasteiger partial charge in [0, 0.05) is 0 Å². The minimum atomic E-state index is -0.657. The molecule has 0 aliphatic rings. The zero-order valence-corrected chi connectivity index (χ0v) is 12.7. The largest absolute Gasteiger partial charge is 0.493 e. The Morgan fingerprint density at radius 1 is 1.18 bits per heavy atom. The van der Waals surface area contributed by atoms with Crippen molar-refractivity contribution in [3.05, 3.63) is 58.9 Å². The van der Waals surface area contributed by atoms with E-state index in [1.807, 2.05) is 12.1 Å². The van der Waals surface area contributed by atoms with Crippen molar-refractivity contribution in [3.63, 3.8) is 0 Å². The number of benzene rings is 2. The van der Waals surface area contributed by atoms with Crippen LogP contribution in [0.4, 0.5) is 4.39 Å². The van der Waals surface area contributed by atoms with Crippen LogP contribution in [0.25, 0.3) is 0 Å². The molecule has 4 nitrogen and oxygen atoms in total.